The van der Waals surface area contributed by atoms with Gasteiger partial charge in [0.05, 0.1) is 24.5 Å². The summed E-state index contributed by atoms with van der Waals surface area (Å²) in [6.07, 6.45) is 9.09. The van der Waals surface area contributed by atoms with Gasteiger partial charge in [-0.05, 0) is 43.2 Å². The summed E-state index contributed by atoms with van der Waals surface area (Å²) in [5.41, 5.74) is 5.40. The number of hydrogen-bond acceptors (Lipinski definition) is 8. The molecule has 0 unspecified atom stereocenters. The standard InChI is InChI=1S/C23H23N9O/c1-13-5-7-24-18(9-13)29-21-20-15(6-8-25-21)16(11-26-20)19-14(2)10-27-23(30-19)28-17-12-32(3)31-22(17)33-4/h5-12,26H,1-4H3,(H,24,25,29)(H,27,28,30). The maximum Gasteiger partial charge on any atom is 0.256 e. The van der Waals surface area contributed by atoms with Crippen molar-refractivity contribution in [3.8, 4) is 17.1 Å². The smallest absolute Gasteiger partial charge is 0.256 e. The van der Waals surface area contributed by atoms with Crippen LogP contribution in [0.1, 0.15) is 11.1 Å². The maximum absolute atomic E-state index is 5.32. The molecule has 3 N–H and O–H groups in total. The van der Waals surface area contributed by atoms with Gasteiger partial charge in [0.1, 0.15) is 11.5 Å². The minimum atomic E-state index is 0.451. The van der Waals surface area contributed by atoms with Crippen LogP contribution in [0.25, 0.3) is 22.2 Å². The third-order valence-corrected chi connectivity index (χ3v) is 5.23. The van der Waals surface area contributed by atoms with E-state index in [9.17, 15) is 0 Å². The number of ether oxygens (including phenoxy) is 1. The van der Waals surface area contributed by atoms with Crippen LogP contribution in [-0.4, -0.2) is 41.8 Å². The molecule has 0 radical (unpaired) electrons. The van der Waals surface area contributed by atoms with E-state index in [1.54, 1.807) is 30.4 Å². The summed E-state index contributed by atoms with van der Waals surface area (Å²) in [5.74, 6) is 2.36. The van der Waals surface area contributed by atoms with Crippen molar-refractivity contribution < 1.29 is 4.74 Å². The van der Waals surface area contributed by atoms with Gasteiger partial charge in [0.2, 0.25) is 5.95 Å². The molecular formula is C23H23N9O. The van der Waals surface area contributed by atoms with Crippen LogP contribution in [-0.2, 0) is 7.05 Å². The second-order valence-electron chi connectivity index (χ2n) is 7.70. The zero-order valence-corrected chi connectivity index (χ0v) is 18.7. The quantitative estimate of drug-likeness (QED) is 0.358. The summed E-state index contributed by atoms with van der Waals surface area (Å²) in [6.45, 7) is 4.01. The number of fused-ring (bicyclic) bond motifs is 1. The van der Waals surface area contributed by atoms with E-state index in [0.29, 0.717) is 23.3 Å². The number of pyridine rings is 2. The second-order valence-corrected chi connectivity index (χ2v) is 7.70. The molecule has 0 atom stereocenters. The molecule has 0 aliphatic heterocycles. The number of aromatic nitrogens is 7. The van der Waals surface area contributed by atoms with Crippen molar-refractivity contribution in [2.45, 2.75) is 13.8 Å². The molecule has 0 fully saturated rings. The van der Waals surface area contributed by atoms with Gasteiger partial charge in [-0.25, -0.2) is 19.9 Å². The lowest BCUT2D eigenvalue weighted by Crippen LogP contribution is -2.00. The van der Waals surface area contributed by atoms with Gasteiger partial charge in [0, 0.05) is 42.8 Å². The van der Waals surface area contributed by atoms with Crippen LogP contribution in [0.3, 0.4) is 0 Å². The Kier molecular flexibility index (Phi) is 5.09. The first kappa shape index (κ1) is 20.4. The number of aromatic amines is 1. The highest BCUT2D eigenvalue weighted by Crippen LogP contribution is 2.33. The van der Waals surface area contributed by atoms with Crippen molar-refractivity contribution in [2.24, 2.45) is 7.05 Å². The van der Waals surface area contributed by atoms with Crippen LogP contribution in [0.15, 0.2) is 49.2 Å². The van der Waals surface area contributed by atoms with Gasteiger partial charge in [-0.3, -0.25) is 4.68 Å². The lowest BCUT2D eigenvalue weighted by atomic mass is 10.1. The van der Waals surface area contributed by atoms with Crippen molar-refractivity contribution in [3.05, 3.63) is 60.3 Å². The summed E-state index contributed by atoms with van der Waals surface area (Å²) in [7, 11) is 3.40. The normalized spacial score (nSPS) is 11.0. The molecule has 0 aliphatic rings. The Labute approximate surface area is 190 Å². The van der Waals surface area contributed by atoms with E-state index in [1.165, 1.54) is 0 Å². The van der Waals surface area contributed by atoms with Crippen molar-refractivity contribution in [1.82, 2.24) is 34.7 Å². The van der Waals surface area contributed by atoms with Gasteiger partial charge in [-0.2, -0.15) is 0 Å². The first-order chi connectivity index (χ1) is 16.0. The number of nitrogens with zero attached hydrogens (tertiary/aromatic N) is 6. The van der Waals surface area contributed by atoms with E-state index < -0.39 is 0 Å². The van der Waals surface area contributed by atoms with E-state index >= 15 is 0 Å². The molecule has 0 spiro atoms. The predicted molar refractivity (Wildman–Crippen MR) is 127 cm³/mol. The molecule has 5 heterocycles. The Bertz CT molecular complexity index is 1450. The van der Waals surface area contributed by atoms with Gasteiger partial charge in [0.15, 0.2) is 5.82 Å². The highest BCUT2D eigenvalue weighted by molar-refractivity contribution is 6.00. The zero-order valence-electron chi connectivity index (χ0n) is 18.7. The minimum Gasteiger partial charge on any atom is -0.478 e. The third-order valence-electron chi connectivity index (χ3n) is 5.23. The topological polar surface area (TPSA) is 118 Å². The fraction of sp³-hybridized carbons (Fsp3) is 0.174. The minimum absolute atomic E-state index is 0.451. The number of methoxy groups -OCH3 is 1. The van der Waals surface area contributed by atoms with E-state index in [0.717, 1.165) is 39.1 Å². The third kappa shape index (κ3) is 3.93. The molecule has 5 aromatic rings. The van der Waals surface area contributed by atoms with Crippen LogP contribution < -0.4 is 15.4 Å². The lowest BCUT2D eigenvalue weighted by Gasteiger charge is -2.09. The fourth-order valence-corrected chi connectivity index (χ4v) is 3.67. The maximum atomic E-state index is 5.32. The van der Waals surface area contributed by atoms with Gasteiger partial charge in [0.25, 0.3) is 5.88 Å². The number of rotatable bonds is 6. The van der Waals surface area contributed by atoms with Crippen molar-refractivity contribution in [3.63, 3.8) is 0 Å². The Balaban J connectivity index is 1.52. The summed E-state index contributed by atoms with van der Waals surface area (Å²) in [6, 6.07) is 5.90. The van der Waals surface area contributed by atoms with Crippen LogP contribution >= 0.6 is 0 Å². The summed E-state index contributed by atoms with van der Waals surface area (Å²) >= 11 is 0. The average Bonchev–Trinajstić information content (AvgIpc) is 3.38. The fourth-order valence-electron chi connectivity index (χ4n) is 3.67. The molecule has 5 aromatic heterocycles. The molecule has 0 saturated carbocycles. The Morgan fingerprint density at radius 3 is 2.73 bits per heavy atom. The summed E-state index contributed by atoms with van der Waals surface area (Å²) in [4.78, 5) is 21.4. The van der Waals surface area contributed by atoms with Gasteiger partial charge >= 0.3 is 0 Å². The molecule has 0 amide bonds. The van der Waals surface area contributed by atoms with Crippen molar-refractivity contribution >= 4 is 34.2 Å². The molecule has 0 bridgehead atoms. The van der Waals surface area contributed by atoms with Gasteiger partial charge in [-0.1, -0.05) is 0 Å². The van der Waals surface area contributed by atoms with E-state index in [-0.39, 0.29) is 0 Å². The molecule has 0 saturated heterocycles. The summed E-state index contributed by atoms with van der Waals surface area (Å²) < 4.78 is 6.98. The second kappa shape index (κ2) is 8.23. The number of anilines is 4. The highest BCUT2D eigenvalue weighted by Gasteiger charge is 2.16. The SMILES string of the molecule is COc1nn(C)cc1Nc1ncc(C)c(-c2c[nH]c3c(Nc4cc(C)ccn4)nccc23)n1. The number of aryl methyl sites for hydroxylation is 3. The highest BCUT2D eigenvalue weighted by atomic mass is 16.5. The molecule has 0 aliphatic carbocycles. The van der Waals surface area contributed by atoms with E-state index in [1.807, 2.05) is 51.5 Å². The number of hydrogen-bond donors (Lipinski definition) is 3. The van der Waals surface area contributed by atoms with Gasteiger partial charge < -0.3 is 20.4 Å². The van der Waals surface area contributed by atoms with Gasteiger partial charge in [-0.15, -0.1) is 5.10 Å². The number of nitrogens with one attached hydrogen (secondary N) is 3. The number of H-pyrrole nitrogens is 1. The van der Waals surface area contributed by atoms with Crippen LogP contribution in [0.2, 0.25) is 0 Å². The van der Waals surface area contributed by atoms with Crippen LogP contribution in [0.4, 0.5) is 23.3 Å². The summed E-state index contributed by atoms with van der Waals surface area (Å²) in [5, 5.41) is 11.8. The lowest BCUT2D eigenvalue weighted by molar-refractivity contribution is 0.393. The van der Waals surface area contributed by atoms with E-state index in [4.69, 9.17) is 9.72 Å². The Morgan fingerprint density at radius 1 is 1.06 bits per heavy atom. The molecule has 10 heteroatoms. The van der Waals surface area contributed by atoms with Crippen molar-refractivity contribution in [1.29, 1.82) is 0 Å². The molecule has 33 heavy (non-hydrogen) atoms. The Morgan fingerprint density at radius 2 is 1.91 bits per heavy atom. The van der Waals surface area contributed by atoms with Crippen LogP contribution in [0, 0.1) is 13.8 Å². The van der Waals surface area contributed by atoms with Crippen LogP contribution in [0.5, 0.6) is 5.88 Å². The van der Waals surface area contributed by atoms with E-state index in [2.05, 4.69) is 35.7 Å². The Hall–Kier alpha value is -4.47. The molecule has 10 nitrogen and oxygen atoms in total. The molecule has 166 valence electrons. The zero-order chi connectivity index (χ0) is 22.9. The largest absolute Gasteiger partial charge is 0.478 e. The predicted octanol–water partition coefficient (Wildman–Crippen LogP) is 4.26. The first-order valence-electron chi connectivity index (χ1n) is 10.4. The molecular weight excluding hydrogens is 418 g/mol. The molecule has 5 rings (SSSR count). The first-order valence-corrected chi connectivity index (χ1v) is 10.4. The van der Waals surface area contributed by atoms with Crippen molar-refractivity contribution in [2.75, 3.05) is 17.7 Å². The average molecular weight is 441 g/mol. The monoisotopic (exact) mass is 441 g/mol. The molecule has 0 aromatic carbocycles.